The number of nitrogens with zero attached hydrogens (tertiary/aromatic N) is 3. The van der Waals surface area contributed by atoms with E-state index in [1.807, 2.05) is 36.4 Å². The van der Waals surface area contributed by atoms with Gasteiger partial charge in [0.25, 0.3) is 5.91 Å². The summed E-state index contributed by atoms with van der Waals surface area (Å²) in [6.07, 6.45) is -1.71. The Morgan fingerprint density at radius 1 is 1.11 bits per heavy atom. The van der Waals surface area contributed by atoms with E-state index >= 15 is 0 Å². The van der Waals surface area contributed by atoms with E-state index in [9.17, 15) is 23.2 Å². The summed E-state index contributed by atoms with van der Waals surface area (Å²) < 4.78 is 46.4. The van der Waals surface area contributed by atoms with Crippen molar-refractivity contribution < 1.29 is 22.7 Å². The number of alkyl halides is 3. The maximum Gasteiger partial charge on any atom is 0.417 e. The van der Waals surface area contributed by atoms with Gasteiger partial charge in [0.1, 0.15) is 17.4 Å². The van der Waals surface area contributed by atoms with Gasteiger partial charge < -0.3 is 10.1 Å². The highest BCUT2D eigenvalue weighted by molar-refractivity contribution is 6.31. The van der Waals surface area contributed by atoms with E-state index in [1.54, 1.807) is 42.3 Å². The van der Waals surface area contributed by atoms with Crippen LogP contribution in [-0.2, 0) is 11.0 Å². The van der Waals surface area contributed by atoms with Crippen LogP contribution in [0.5, 0.6) is 5.75 Å². The Kier molecular flexibility index (Phi) is 7.32. The number of rotatable bonds is 6. The molecule has 3 aromatic carbocycles. The van der Waals surface area contributed by atoms with Crippen LogP contribution in [0, 0.1) is 11.3 Å². The number of carbonyl (C=O) groups is 1. The number of aromatic nitrogens is 2. The van der Waals surface area contributed by atoms with Crippen molar-refractivity contribution in [3.05, 3.63) is 101 Å². The van der Waals surface area contributed by atoms with Gasteiger partial charge >= 0.3 is 6.18 Å². The molecular weight excluding hydrogens is 505 g/mol. The van der Waals surface area contributed by atoms with Crippen molar-refractivity contribution in [3.8, 4) is 28.8 Å². The predicted octanol–water partition coefficient (Wildman–Crippen LogP) is 6.77. The molecule has 0 atom stereocenters. The van der Waals surface area contributed by atoms with E-state index < -0.39 is 22.7 Å². The zero-order valence-corrected chi connectivity index (χ0v) is 20.0. The van der Waals surface area contributed by atoms with Crippen LogP contribution in [0.1, 0.15) is 11.1 Å². The second kappa shape index (κ2) is 10.6. The molecule has 4 rings (SSSR count). The summed E-state index contributed by atoms with van der Waals surface area (Å²) in [6.45, 7) is 0. The minimum Gasteiger partial charge on any atom is -0.497 e. The number of halogens is 4. The maximum atomic E-state index is 13.2. The van der Waals surface area contributed by atoms with Gasteiger partial charge in [-0.3, -0.25) is 4.79 Å². The molecule has 0 saturated carbocycles. The Morgan fingerprint density at radius 3 is 2.43 bits per heavy atom. The molecule has 186 valence electrons. The van der Waals surface area contributed by atoms with Crippen molar-refractivity contribution in [1.82, 2.24) is 9.78 Å². The second-order valence-electron chi connectivity index (χ2n) is 7.76. The van der Waals surface area contributed by atoms with E-state index in [0.717, 1.165) is 11.8 Å². The van der Waals surface area contributed by atoms with Crippen LogP contribution in [0.2, 0.25) is 5.02 Å². The standard InChI is InChI=1S/C27H18ClF3N4O2/c1-37-22-10-7-17(8-11-22)25-19(16-35(34-25)21-5-3-2-4-6-21)13-18(15-32)26(36)33-20-9-12-24(28)23(14-20)27(29,30)31/h2-14,16H,1H3,(H,33,36). The smallest absolute Gasteiger partial charge is 0.417 e. The van der Waals surface area contributed by atoms with E-state index in [-0.39, 0.29) is 11.3 Å². The molecule has 1 amide bonds. The lowest BCUT2D eigenvalue weighted by Gasteiger charge is -2.11. The van der Waals surface area contributed by atoms with Crippen LogP contribution in [0.25, 0.3) is 23.0 Å². The van der Waals surface area contributed by atoms with Gasteiger partial charge in [-0.05, 0) is 60.7 Å². The number of benzene rings is 3. The molecule has 0 fully saturated rings. The van der Waals surface area contributed by atoms with Gasteiger partial charge in [-0.2, -0.15) is 23.5 Å². The van der Waals surface area contributed by atoms with Crippen molar-refractivity contribution in [2.45, 2.75) is 6.18 Å². The molecule has 0 radical (unpaired) electrons. The molecule has 0 spiro atoms. The van der Waals surface area contributed by atoms with Crippen LogP contribution in [0.4, 0.5) is 18.9 Å². The fourth-order valence-electron chi connectivity index (χ4n) is 3.50. The highest BCUT2D eigenvalue weighted by Crippen LogP contribution is 2.36. The number of methoxy groups -OCH3 is 1. The van der Waals surface area contributed by atoms with Crippen LogP contribution >= 0.6 is 11.6 Å². The lowest BCUT2D eigenvalue weighted by atomic mass is 10.1. The first-order valence-corrected chi connectivity index (χ1v) is 11.2. The second-order valence-corrected chi connectivity index (χ2v) is 8.17. The molecule has 0 saturated heterocycles. The van der Waals surface area contributed by atoms with Gasteiger partial charge in [-0.15, -0.1) is 0 Å². The number of amides is 1. The average molecular weight is 523 g/mol. The molecule has 1 heterocycles. The number of carbonyl (C=O) groups excluding carboxylic acids is 1. The summed E-state index contributed by atoms with van der Waals surface area (Å²) >= 11 is 5.65. The summed E-state index contributed by atoms with van der Waals surface area (Å²) in [7, 11) is 1.55. The largest absolute Gasteiger partial charge is 0.497 e. The highest BCUT2D eigenvalue weighted by atomic mass is 35.5. The number of nitrogens with one attached hydrogen (secondary N) is 1. The fraction of sp³-hybridized carbons (Fsp3) is 0.0741. The van der Waals surface area contributed by atoms with E-state index in [2.05, 4.69) is 10.4 Å². The van der Waals surface area contributed by atoms with Crippen LogP contribution in [0.15, 0.2) is 84.6 Å². The van der Waals surface area contributed by atoms with Crippen molar-refractivity contribution in [3.63, 3.8) is 0 Å². The minimum atomic E-state index is -4.70. The number of para-hydroxylation sites is 1. The molecule has 37 heavy (non-hydrogen) atoms. The number of nitriles is 1. The zero-order valence-electron chi connectivity index (χ0n) is 19.3. The Hall–Kier alpha value is -4.55. The Bertz CT molecular complexity index is 1510. The van der Waals surface area contributed by atoms with Gasteiger partial charge in [0.05, 0.1) is 29.1 Å². The normalized spacial score (nSPS) is 11.6. The summed E-state index contributed by atoms with van der Waals surface area (Å²) in [5.74, 6) is -0.243. The first-order valence-electron chi connectivity index (χ1n) is 10.8. The Morgan fingerprint density at radius 2 is 1.81 bits per heavy atom. The first kappa shape index (κ1) is 25.5. The Labute approximate surface area is 215 Å². The molecule has 1 N–H and O–H groups in total. The molecular formula is C27H18ClF3N4O2. The number of hydrogen-bond donors (Lipinski definition) is 1. The topological polar surface area (TPSA) is 79.9 Å². The van der Waals surface area contributed by atoms with Crippen LogP contribution < -0.4 is 10.1 Å². The molecule has 0 bridgehead atoms. The molecule has 10 heteroatoms. The van der Waals surface area contributed by atoms with Crippen LogP contribution in [0.3, 0.4) is 0 Å². The first-order chi connectivity index (χ1) is 17.7. The third-order valence-corrected chi connectivity index (χ3v) is 5.65. The molecule has 1 aromatic heterocycles. The molecule has 0 aliphatic heterocycles. The predicted molar refractivity (Wildman–Crippen MR) is 134 cm³/mol. The summed E-state index contributed by atoms with van der Waals surface area (Å²) in [6, 6.07) is 21.1. The highest BCUT2D eigenvalue weighted by Gasteiger charge is 2.33. The van der Waals surface area contributed by atoms with E-state index in [0.29, 0.717) is 28.6 Å². The quantitative estimate of drug-likeness (QED) is 0.224. The van der Waals surface area contributed by atoms with Gasteiger partial charge in [0.15, 0.2) is 0 Å². The Balaban J connectivity index is 1.72. The summed E-state index contributed by atoms with van der Waals surface area (Å²) in [5.41, 5.74) is 0.808. The molecule has 4 aromatic rings. The van der Waals surface area contributed by atoms with E-state index in [1.165, 1.54) is 12.1 Å². The monoisotopic (exact) mass is 522 g/mol. The average Bonchev–Trinajstić information content (AvgIpc) is 3.32. The number of anilines is 1. The van der Waals surface area contributed by atoms with Crippen LogP contribution in [-0.4, -0.2) is 22.8 Å². The summed E-state index contributed by atoms with van der Waals surface area (Å²) in [5, 5.41) is 16.2. The molecule has 0 unspecified atom stereocenters. The number of ether oxygens (including phenoxy) is 1. The molecule has 0 aliphatic carbocycles. The lowest BCUT2D eigenvalue weighted by molar-refractivity contribution is -0.137. The maximum absolute atomic E-state index is 13.2. The number of hydrogen-bond acceptors (Lipinski definition) is 4. The molecule has 0 aliphatic rings. The molecule has 6 nitrogen and oxygen atoms in total. The van der Waals surface area contributed by atoms with Crippen molar-refractivity contribution in [2.75, 3.05) is 12.4 Å². The third kappa shape index (κ3) is 5.82. The lowest BCUT2D eigenvalue weighted by Crippen LogP contribution is -2.14. The van der Waals surface area contributed by atoms with Gasteiger partial charge in [0, 0.05) is 23.0 Å². The third-order valence-electron chi connectivity index (χ3n) is 5.32. The zero-order chi connectivity index (χ0) is 26.6. The summed E-state index contributed by atoms with van der Waals surface area (Å²) in [4.78, 5) is 12.8. The van der Waals surface area contributed by atoms with Gasteiger partial charge in [-0.1, -0.05) is 29.8 Å². The fourth-order valence-corrected chi connectivity index (χ4v) is 3.73. The SMILES string of the molecule is COc1ccc(-c2nn(-c3ccccc3)cc2C=C(C#N)C(=O)Nc2ccc(Cl)c(C(F)(F)F)c2)cc1. The van der Waals surface area contributed by atoms with Crippen molar-refractivity contribution in [1.29, 1.82) is 5.26 Å². The minimum absolute atomic E-state index is 0.154. The van der Waals surface area contributed by atoms with Crippen molar-refractivity contribution >= 4 is 29.3 Å². The van der Waals surface area contributed by atoms with Crippen molar-refractivity contribution in [2.24, 2.45) is 0 Å². The van der Waals surface area contributed by atoms with Gasteiger partial charge in [-0.25, -0.2) is 4.68 Å². The van der Waals surface area contributed by atoms with Gasteiger partial charge in [0.2, 0.25) is 0 Å². The van der Waals surface area contributed by atoms with E-state index in [4.69, 9.17) is 16.3 Å².